The Kier molecular flexibility index (Phi) is 6.07. The molecule has 5 nitrogen and oxygen atoms in total. The van der Waals surface area contributed by atoms with Crippen molar-refractivity contribution in [2.45, 2.75) is 25.0 Å². The van der Waals surface area contributed by atoms with E-state index in [0.29, 0.717) is 23.9 Å². The molecule has 6 heteroatoms. The molecule has 0 bridgehead atoms. The van der Waals surface area contributed by atoms with E-state index in [1.807, 2.05) is 0 Å². The fraction of sp³-hybridized carbons (Fsp3) is 0.421. The highest BCUT2D eigenvalue weighted by Crippen LogP contribution is 2.34. The van der Waals surface area contributed by atoms with E-state index in [1.165, 1.54) is 12.0 Å². The third-order valence-corrected chi connectivity index (χ3v) is 5.37. The van der Waals surface area contributed by atoms with E-state index in [-0.39, 0.29) is 12.6 Å². The molecule has 1 aromatic heterocycles. The Hall–Kier alpha value is -1.89. The number of thiophene rings is 1. The van der Waals surface area contributed by atoms with Gasteiger partial charge in [-0.15, -0.1) is 11.3 Å². The van der Waals surface area contributed by atoms with Crippen molar-refractivity contribution < 1.29 is 19.4 Å². The second kappa shape index (κ2) is 8.47. The number of aliphatic hydroxyl groups is 1. The summed E-state index contributed by atoms with van der Waals surface area (Å²) in [5.41, 5.74) is 0.478. The summed E-state index contributed by atoms with van der Waals surface area (Å²) in [6.07, 6.45) is 1.75. The van der Waals surface area contributed by atoms with Crippen molar-refractivity contribution in [1.82, 2.24) is 4.90 Å². The van der Waals surface area contributed by atoms with Crippen LogP contribution in [0.1, 0.15) is 34.1 Å². The van der Waals surface area contributed by atoms with E-state index in [0.717, 1.165) is 19.4 Å². The second-order valence-electron chi connectivity index (χ2n) is 6.15. The van der Waals surface area contributed by atoms with Crippen LogP contribution in [0.3, 0.4) is 0 Å². The van der Waals surface area contributed by atoms with E-state index in [2.05, 4.69) is 27.1 Å². The highest BCUT2D eigenvalue weighted by atomic mass is 32.1. The molecule has 0 saturated carbocycles. The van der Waals surface area contributed by atoms with Gasteiger partial charge in [0.25, 0.3) is 0 Å². The van der Waals surface area contributed by atoms with Crippen molar-refractivity contribution >= 4 is 17.3 Å². The van der Waals surface area contributed by atoms with Gasteiger partial charge in [0.15, 0.2) is 0 Å². The molecule has 0 radical (unpaired) electrons. The molecule has 134 valence electrons. The number of methoxy groups -OCH3 is 1. The number of likely N-dealkylation sites (tertiary alicyclic amines) is 1. The van der Waals surface area contributed by atoms with Gasteiger partial charge < -0.3 is 14.6 Å². The van der Waals surface area contributed by atoms with Crippen molar-refractivity contribution in [3.05, 3.63) is 52.2 Å². The smallest absolute Gasteiger partial charge is 0.337 e. The van der Waals surface area contributed by atoms with Crippen molar-refractivity contribution in [1.29, 1.82) is 0 Å². The van der Waals surface area contributed by atoms with Gasteiger partial charge in [0.2, 0.25) is 0 Å². The Morgan fingerprint density at radius 2 is 2.16 bits per heavy atom. The highest BCUT2D eigenvalue weighted by molar-refractivity contribution is 7.10. The van der Waals surface area contributed by atoms with E-state index < -0.39 is 6.10 Å². The zero-order chi connectivity index (χ0) is 17.6. The van der Waals surface area contributed by atoms with Crippen LogP contribution in [0, 0.1) is 0 Å². The number of benzene rings is 1. The molecule has 1 aromatic carbocycles. The Labute approximate surface area is 151 Å². The van der Waals surface area contributed by atoms with Gasteiger partial charge >= 0.3 is 5.97 Å². The van der Waals surface area contributed by atoms with Crippen LogP contribution in [0.15, 0.2) is 41.8 Å². The Morgan fingerprint density at radius 1 is 1.36 bits per heavy atom. The van der Waals surface area contributed by atoms with Gasteiger partial charge in [-0.1, -0.05) is 6.07 Å². The normalized spacial score (nSPS) is 18.9. The molecule has 2 atom stereocenters. The molecule has 0 aliphatic carbocycles. The van der Waals surface area contributed by atoms with E-state index in [4.69, 9.17) is 4.74 Å². The van der Waals surface area contributed by atoms with Gasteiger partial charge in [0.1, 0.15) is 18.5 Å². The predicted molar refractivity (Wildman–Crippen MR) is 97.2 cm³/mol. The quantitative estimate of drug-likeness (QED) is 0.768. The first-order chi connectivity index (χ1) is 12.2. The fourth-order valence-corrected chi connectivity index (χ4v) is 4.06. The summed E-state index contributed by atoms with van der Waals surface area (Å²) >= 11 is 1.77. The van der Waals surface area contributed by atoms with Gasteiger partial charge in [0, 0.05) is 17.5 Å². The summed E-state index contributed by atoms with van der Waals surface area (Å²) in [5.74, 6) is 0.253. The summed E-state index contributed by atoms with van der Waals surface area (Å²) in [4.78, 5) is 15.1. The molecule has 2 unspecified atom stereocenters. The number of ether oxygens (including phenoxy) is 2. The number of carbonyl (C=O) groups excluding carboxylic acids is 1. The molecule has 1 aliphatic rings. The number of aliphatic hydroxyl groups excluding tert-OH is 1. The van der Waals surface area contributed by atoms with Crippen molar-refractivity contribution in [2.75, 3.05) is 26.8 Å². The third-order valence-electron chi connectivity index (χ3n) is 4.40. The summed E-state index contributed by atoms with van der Waals surface area (Å²) in [7, 11) is 1.35. The summed E-state index contributed by atoms with van der Waals surface area (Å²) < 4.78 is 10.3. The van der Waals surface area contributed by atoms with E-state index in [1.54, 1.807) is 35.6 Å². The number of nitrogens with zero attached hydrogens (tertiary/aromatic N) is 1. The first kappa shape index (κ1) is 17.9. The lowest BCUT2D eigenvalue weighted by Gasteiger charge is -2.26. The molecular formula is C19H23NO4S. The lowest BCUT2D eigenvalue weighted by molar-refractivity contribution is 0.0598. The van der Waals surface area contributed by atoms with E-state index in [9.17, 15) is 9.90 Å². The van der Waals surface area contributed by atoms with Crippen molar-refractivity contribution in [3.63, 3.8) is 0 Å². The largest absolute Gasteiger partial charge is 0.491 e. The number of esters is 1. The minimum absolute atomic E-state index is 0.227. The minimum Gasteiger partial charge on any atom is -0.491 e. The topological polar surface area (TPSA) is 59.0 Å². The first-order valence-corrected chi connectivity index (χ1v) is 9.32. The maximum atomic E-state index is 11.4. The zero-order valence-corrected chi connectivity index (χ0v) is 15.1. The van der Waals surface area contributed by atoms with Gasteiger partial charge in [-0.3, -0.25) is 4.90 Å². The van der Waals surface area contributed by atoms with Crippen LogP contribution in [-0.2, 0) is 4.74 Å². The van der Waals surface area contributed by atoms with E-state index >= 15 is 0 Å². The van der Waals surface area contributed by atoms with Crippen molar-refractivity contribution in [3.8, 4) is 5.75 Å². The monoisotopic (exact) mass is 361 g/mol. The lowest BCUT2D eigenvalue weighted by Crippen LogP contribution is -2.35. The van der Waals surface area contributed by atoms with Crippen LogP contribution in [0.25, 0.3) is 0 Å². The van der Waals surface area contributed by atoms with Crippen LogP contribution < -0.4 is 4.74 Å². The van der Waals surface area contributed by atoms with Crippen LogP contribution in [0.2, 0.25) is 0 Å². The molecule has 1 N–H and O–H groups in total. The molecule has 1 fully saturated rings. The summed E-state index contributed by atoms with van der Waals surface area (Å²) in [5, 5.41) is 12.4. The molecule has 3 rings (SSSR count). The van der Waals surface area contributed by atoms with Crippen LogP contribution in [0.4, 0.5) is 0 Å². The minimum atomic E-state index is -0.555. The predicted octanol–water partition coefficient (Wildman–Crippen LogP) is 3.11. The maximum absolute atomic E-state index is 11.4. The molecule has 1 saturated heterocycles. The molecular weight excluding hydrogens is 338 g/mol. The zero-order valence-electron chi connectivity index (χ0n) is 14.3. The van der Waals surface area contributed by atoms with Gasteiger partial charge in [-0.2, -0.15) is 0 Å². The van der Waals surface area contributed by atoms with Gasteiger partial charge in [-0.05, 0) is 55.1 Å². The highest BCUT2D eigenvalue weighted by Gasteiger charge is 2.28. The van der Waals surface area contributed by atoms with Gasteiger partial charge in [-0.25, -0.2) is 4.79 Å². The molecule has 25 heavy (non-hydrogen) atoms. The Balaban J connectivity index is 1.49. The first-order valence-electron chi connectivity index (χ1n) is 8.44. The number of rotatable bonds is 7. The maximum Gasteiger partial charge on any atom is 0.337 e. The molecule has 0 amide bonds. The van der Waals surface area contributed by atoms with Crippen LogP contribution in [-0.4, -0.2) is 48.9 Å². The SMILES string of the molecule is COC(=O)c1ccc(OCC(O)CN2CCCC2c2cccs2)cc1. The molecule has 0 spiro atoms. The number of carbonyl (C=O) groups is 1. The standard InChI is InChI=1S/C19H23NO4S/c1-23-19(22)14-6-8-16(9-7-14)24-13-15(21)12-20-10-2-4-17(20)18-5-3-11-25-18/h3,5-9,11,15,17,21H,2,4,10,12-13H2,1H3. The van der Waals surface area contributed by atoms with Crippen LogP contribution >= 0.6 is 11.3 Å². The van der Waals surface area contributed by atoms with Gasteiger partial charge in [0.05, 0.1) is 12.7 Å². The number of hydrogen-bond donors (Lipinski definition) is 1. The lowest BCUT2D eigenvalue weighted by atomic mass is 10.2. The van der Waals surface area contributed by atoms with Crippen LogP contribution in [0.5, 0.6) is 5.75 Å². The average Bonchev–Trinajstić information content (AvgIpc) is 3.31. The Bertz CT molecular complexity index is 671. The second-order valence-corrected chi connectivity index (χ2v) is 7.13. The number of β-amino-alcohol motifs (C(OH)–C–C–N with tert-alkyl or cyclic N) is 1. The molecule has 2 heterocycles. The summed E-state index contributed by atoms with van der Waals surface area (Å²) in [6.45, 7) is 1.83. The van der Waals surface area contributed by atoms with Crippen molar-refractivity contribution in [2.24, 2.45) is 0 Å². The fourth-order valence-electron chi connectivity index (χ4n) is 3.17. The average molecular weight is 361 g/mol. The third kappa shape index (κ3) is 4.60. The Morgan fingerprint density at radius 3 is 2.84 bits per heavy atom. The molecule has 2 aromatic rings. The molecule has 1 aliphatic heterocycles. The summed E-state index contributed by atoms with van der Waals surface area (Å²) in [6, 6.07) is 11.4. The number of hydrogen-bond acceptors (Lipinski definition) is 6.